The number of Topliss-reactive ketones (excluding diaryl/α,β-unsaturated/α-hetero) is 1. The molecule has 2 aromatic carbocycles. The second-order valence-corrected chi connectivity index (χ2v) is 12.7. The smallest absolute Gasteiger partial charge is 0.213 e. The molecule has 1 saturated heterocycles. The molecule has 47 heavy (non-hydrogen) atoms. The number of carbonyl (C=O) groups excluding carboxylic acids is 1. The summed E-state index contributed by atoms with van der Waals surface area (Å²) >= 11 is 0. The molecule has 4 aromatic rings. The molecule has 10 heteroatoms. The van der Waals surface area contributed by atoms with E-state index in [4.69, 9.17) is 14.5 Å². The molecule has 1 fully saturated rings. The Morgan fingerprint density at radius 1 is 1.04 bits per heavy atom. The third kappa shape index (κ3) is 9.43. The molecule has 1 aliphatic rings. The van der Waals surface area contributed by atoms with Crippen LogP contribution in [0.4, 0.5) is 11.4 Å². The maximum absolute atomic E-state index is 12.5. The first-order valence-electron chi connectivity index (χ1n) is 16.4. The van der Waals surface area contributed by atoms with Gasteiger partial charge in [-0.15, -0.1) is 9.24 Å². The molecule has 0 spiro atoms. The van der Waals surface area contributed by atoms with Crippen molar-refractivity contribution in [1.29, 1.82) is 0 Å². The maximum atomic E-state index is 12.5. The van der Waals surface area contributed by atoms with Crippen LogP contribution in [0.1, 0.15) is 66.1 Å². The lowest BCUT2D eigenvalue weighted by molar-refractivity contribution is 0.0987. The van der Waals surface area contributed by atoms with Gasteiger partial charge in [0.1, 0.15) is 18.5 Å². The van der Waals surface area contributed by atoms with E-state index in [-0.39, 0.29) is 11.9 Å². The Bertz CT molecular complexity index is 1700. The summed E-state index contributed by atoms with van der Waals surface area (Å²) in [5.41, 5.74) is 7.47. The number of ketones is 1. The Hall–Kier alpha value is -4.20. The predicted molar refractivity (Wildman–Crippen MR) is 193 cm³/mol. The Kier molecular flexibility index (Phi) is 11.7. The number of hydrogen-bond donors (Lipinski definition) is 2. The fraction of sp³-hybridized carbons (Fsp3) is 0.378. The second kappa shape index (κ2) is 16.1. The highest BCUT2D eigenvalue weighted by Crippen LogP contribution is 2.27. The highest BCUT2D eigenvalue weighted by atomic mass is 31.0. The average Bonchev–Trinajstić information content (AvgIpc) is 3.43. The lowest BCUT2D eigenvalue weighted by atomic mass is 10.1. The van der Waals surface area contributed by atoms with E-state index in [2.05, 4.69) is 62.4 Å². The minimum atomic E-state index is 0.103. The molecule has 2 N–H and O–H groups in total. The van der Waals surface area contributed by atoms with Gasteiger partial charge in [-0.1, -0.05) is 31.2 Å². The number of nitrogens with one attached hydrogen (secondary N) is 2. The van der Waals surface area contributed by atoms with E-state index >= 15 is 0 Å². The molecule has 0 aliphatic carbocycles. The summed E-state index contributed by atoms with van der Waals surface area (Å²) in [6.07, 6.45) is 2.37. The SMILES string of the molecule is C=C(CN1CCC(Oc2cccc(COc3ccc(C)cc3P)n2)CC1)Nc1ccc(C(=O)CC)cc1NCc1cc(C)nn1CC. The number of anilines is 2. The molecule has 2 aromatic heterocycles. The number of aryl methyl sites for hydroxylation is 3. The summed E-state index contributed by atoms with van der Waals surface area (Å²) in [5.74, 6) is 1.58. The zero-order valence-corrected chi connectivity index (χ0v) is 29.2. The van der Waals surface area contributed by atoms with Crippen LogP contribution in [-0.2, 0) is 19.7 Å². The van der Waals surface area contributed by atoms with Crippen molar-refractivity contribution in [3.63, 3.8) is 0 Å². The van der Waals surface area contributed by atoms with Crippen molar-refractivity contribution in [2.24, 2.45) is 0 Å². The Labute approximate surface area is 281 Å². The highest BCUT2D eigenvalue weighted by molar-refractivity contribution is 7.27. The first-order chi connectivity index (χ1) is 22.7. The van der Waals surface area contributed by atoms with Crippen molar-refractivity contribution in [3.8, 4) is 11.6 Å². The van der Waals surface area contributed by atoms with Gasteiger partial charge >= 0.3 is 0 Å². The molecule has 0 amide bonds. The molecule has 1 aliphatic heterocycles. The molecule has 0 saturated carbocycles. The lowest BCUT2D eigenvalue weighted by Gasteiger charge is -2.32. The van der Waals surface area contributed by atoms with E-state index in [1.165, 1.54) is 5.56 Å². The van der Waals surface area contributed by atoms with Crippen LogP contribution in [0.5, 0.6) is 11.6 Å². The molecule has 1 atom stereocenters. The number of aromatic nitrogens is 3. The fourth-order valence-corrected chi connectivity index (χ4v) is 6.23. The number of rotatable bonds is 15. The van der Waals surface area contributed by atoms with Crippen LogP contribution < -0.4 is 25.4 Å². The first-order valence-corrected chi connectivity index (χ1v) is 17.0. The van der Waals surface area contributed by atoms with Gasteiger partial charge < -0.3 is 20.1 Å². The van der Waals surface area contributed by atoms with Crippen LogP contribution in [-0.4, -0.2) is 51.2 Å². The largest absolute Gasteiger partial charge is 0.487 e. The third-order valence-electron chi connectivity index (χ3n) is 8.28. The molecular weight excluding hydrogens is 607 g/mol. The van der Waals surface area contributed by atoms with Crippen LogP contribution in [0.3, 0.4) is 0 Å². The van der Waals surface area contributed by atoms with Gasteiger partial charge in [-0.2, -0.15) is 5.10 Å². The second-order valence-electron chi connectivity index (χ2n) is 12.1. The summed E-state index contributed by atoms with van der Waals surface area (Å²) in [6, 6.07) is 19.8. The summed E-state index contributed by atoms with van der Waals surface area (Å²) in [6.45, 7) is 16.7. The van der Waals surface area contributed by atoms with Crippen molar-refractivity contribution in [1.82, 2.24) is 19.7 Å². The summed E-state index contributed by atoms with van der Waals surface area (Å²) < 4.78 is 14.3. The predicted octanol–water partition coefficient (Wildman–Crippen LogP) is 6.67. The van der Waals surface area contributed by atoms with Crippen LogP contribution >= 0.6 is 9.24 Å². The van der Waals surface area contributed by atoms with E-state index in [1.54, 1.807) is 0 Å². The minimum Gasteiger partial charge on any atom is -0.487 e. The number of ether oxygens (including phenoxy) is 2. The van der Waals surface area contributed by atoms with Crippen molar-refractivity contribution < 1.29 is 14.3 Å². The van der Waals surface area contributed by atoms with Gasteiger partial charge in [0, 0.05) is 55.2 Å². The average molecular weight is 655 g/mol. The quantitative estimate of drug-likeness (QED) is 0.109. The molecular formula is C37H47N6O3P. The van der Waals surface area contributed by atoms with Gasteiger partial charge in [0.05, 0.1) is 35.0 Å². The molecule has 248 valence electrons. The molecule has 0 bridgehead atoms. The fourth-order valence-electron chi connectivity index (χ4n) is 5.79. The van der Waals surface area contributed by atoms with Gasteiger partial charge in [-0.05, 0) is 76.1 Å². The number of carbonyl (C=O) groups is 1. The van der Waals surface area contributed by atoms with Crippen molar-refractivity contribution in [3.05, 3.63) is 101 Å². The number of nitrogens with zero attached hydrogens (tertiary/aromatic N) is 4. The normalized spacial score (nSPS) is 13.7. The van der Waals surface area contributed by atoms with Crippen LogP contribution in [0.2, 0.25) is 0 Å². The monoisotopic (exact) mass is 654 g/mol. The Morgan fingerprint density at radius 2 is 1.85 bits per heavy atom. The van der Waals surface area contributed by atoms with E-state index in [0.717, 1.165) is 77.7 Å². The van der Waals surface area contributed by atoms with Crippen molar-refractivity contribution in [2.75, 3.05) is 30.3 Å². The zero-order chi connectivity index (χ0) is 33.3. The number of pyridine rings is 1. The molecule has 3 heterocycles. The number of piperidine rings is 1. The van der Waals surface area contributed by atoms with Crippen LogP contribution in [0.25, 0.3) is 0 Å². The van der Waals surface area contributed by atoms with E-state index in [9.17, 15) is 4.79 Å². The number of hydrogen-bond acceptors (Lipinski definition) is 8. The van der Waals surface area contributed by atoms with E-state index in [1.807, 2.05) is 67.1 Å². The van der Waals surface area contributed by atoms with Crippen molar-refractivity contribution in [2.45, 2.75) is 72.8 Å². The number of likely N-dealkylation sites (tertiary alicyclic amines) is 1. The van der Waals surface area contributed by atoms with Gasteiger partial charge in [0.25, 0.3) is 0 Å². The topological polar surface area (TPSA) is 93.5 Å². The highest BCUT2D eigenvalue weighted by Gasteiger charge is 2.22. The first kappa shape index (κ1) is 34.1. The third-order valence-corrected chi connectivity index (χ3v) is 8.73. The zero-order valence-electron chi connectivity index (χ0n) is 28.0. The minimum absolute atomic E-state index is 0.103. The Morgan fingerprint density at radius 3 is 2.60 bits per heavy atom. The van der Waals surface area contributed by atoms with Gasteiger partial charge in [-0.25, -0.2) is 4.98 Å². The van der Waals surface area contributed by atoms with Gasteiger partial charge in [-0.3, -0.25) is 14.4 Å². The standard InChI is InChI=1S/C37H47N6O3P/c1-6-34(44)28-12-13-32(33(21-28)38-22-30-20-26(4)41-43(30)7-2)39-27(5)23-42-17-15-31(16-18-42)46-37-10-8-9-29(40-37)24-45-35-14-11-25(3)19-36(35)47/h8-14,19-21,31,38-39H,5-7,15-18,22-24,47H2,1-4H3. The van der Waals surface area contributed by atoms with E-state index in [0.29, 0.717) is 37.6 Å². The molecule has 0 radical (unpaired) electrons. The van der Waals surface area contributed by atoms with Crippen molar-refractivity contribution >= 4 is 31.7 Å². The molecule has 1 unspecified atom stereocenters. The summed E-state index contributed by atoms with van der Waals surface area (Å²) in [5, 5.41) is 12.6. The van der Waals surface area contributed by atoms with Gasteiger partial charge in [0.2, 0.25) is 5.88 Å². The summed E-state index contributed by atoms with van der Waals surface area (Å²) in [4.78, 5) is 19.6. The van der Waals surface area contributed by atoms with E-state index < -0.39 is 0 Å². The maximum Gasteiger partial charge on any atom is 0.213 e. The molecule has 5 rings (SSSR count). The summed E-state index contributed by atoms with van der Waals surface area (Å²) in [7, 11) is 2.73. The van der Waals surface area contributed by atoms with Gasteiger partial charge in [0.15, 0.2) is 5.78 Å². The van der Waals surface area contributed by atoms with Crippen LogP contribution in [0.15, 0.2) is 72.9 Å². The number of benzene rings is 2. The Balaban J connectivity index is 1.13. The molecule has 9 nitrogen and oxygen atoms in total. The lowest BCUT2D eigenvalue weighted by Crippen LogP contribution is -2.39. The van der Waals surface area contributed by atoms with Crippen LogP contribution in [0, 0.1) is 13.8 Å².